The van der Waals surface area contributed by atoms with Crippen LogP contribution in [-0.4, -0.2) is 17.6 Å². The van der Waals surface area contributed by atoms with Gasteiger partial charge in [0.15, 0.2) is 5.89 Å². The first-order valence-electron chi connectivity index (χ1n) is 6.62. The minimum absolute atomic E-state index is 0.154. The lowest BCUT2D eigenvalue weighted by Crippen LogP contribution is -2.07. The summed E-state index contributed by atoms with van der Waals surface area (Å²) in [5.74, 6) is 1.23. The highest BCUT2D eigenvalue weighted by Crippen LogP contribution is 2.22. The molecule has 0 spiro atoms. The van der Waals surface area contributed by atoms with Gasteiger partial charge in [-0.15, -0.1) is 0 Å². The van der Waals surface area contributed by atoms with E-state index in [1.807, 2.05) is 13.8 Å². The van der Waals surface area contributed by atoms with Gasteiger partial charge in [0.05, 0.1) is 12.3 Å². The van der Waals surface area contributed by atoms with Crippen molar-refractivity contribution in [3.8, 4) is 0 Å². The molecule has 1 aromatic heterocycles. The molecule has 0 unspecified atom stereocenters. The van der Waals surface area contributed by atoms with Crippen molar-refractivity contribution in [3.63, 3.8) is 0 Å². The van der Waals surface area contributed by atoms with Crippen LogP contribution in [0.15, 0.2) is 4.42 Å². The smallest absolute Gasteiger partial charge is 0.376 e. The Hall–Kier alpha value is -1.32. The summed E-state index contributed by atoms with van der Waals surface area (Å²) in [4.78, 5) is 16.2. The van der Waals surface area contributed by atoms with Gasteiger partial charge in [0, 0.05) is 6.42 Å². The second kappa shape index (κ2) is 6.57. The number of esters is 1. The van der Waals surface area contributed by atoms with Gasteiger partial charge in [0.2, 0.25) is 5.76 Å². The molecule has 0 amide bonds. The molecule has 0 saturated carbocycles. The molecule has 1 heterocycles. The van der Waals surface area contributed by atoms with Crippen LogP contribution in [0, 0.1) is 5.92 Å². The molecule has 0 aliphatic rings. The fraction of sp³-hybridized carbons (Fsp3) is 0.714. The lowest BCUT2D eigenvalue weighted by Gasteiger charge is -2.02. The first-order chi connectivity index (χ1) is 8.45. The molecule has 4 nitrogen and oxygen atoms in total. The fourth-order valence-corrected chi connectivity index (χ4v) is 1.63. The first-order valence-corrected chi connectivity index (χ1v) is 6.62. The van der Waals surface area contributed by atoms with E-state index < -0.39 is 5.97 Å². The molecule has 0 aromatic carbocycles. The highest BCUT2D eigenvalue weighted by molar-refractivity contribution is 5.87. The van der Waals surface area contributed by atoms with Gasteiger partial charge in [-0.1, -0.05) is 27.7 Å². The molecule has 102 valence electrons. The molecule has 0 radical (unpaired) electrons. The molecule has 0 aliphatic heterocycles. The predicted molar refractivity (Wildman–Crippen MR) is 69.7 cm³/mol. The van der Waals surface area contributed by atoms with Crippen LogP contribution < -0.4 is 0 Å². The summed E-state index contributed by atoms with van der Waals surface area (Å²) in [7, 11) is 0. The van der Waals surface area contributed by atoms with E-state index in [0.717, 1.165) is 12.8 Å². The third kappa shape index (κ3) is 3.86. The second-order valence-corrected chi connectivity index (χ2v) is 5.13. The number of hydrogen-bond acceptors (Lipinski definition) is 4. The summed E-state index contributed by atoms with van der Waals surface area (Å²) in [6, 6.07) is 0. The maximum Gasteiger partial charge on any atom is 0.376 e. The lowest BCUT2D eigenvalue weighted by atomic mass is 10.1. The van der Waals surface area contributed by atoms with Crippen molar-refractivity contribution in [2.75, 3.05) is 6.61 Å². The van der Waals surface area contributed by atoms with Gasteiger partial charge in [-0.05, 0) is 25.2 Å². The average molecular weight is 253 g/mol. The van der Waals surface area contributed by atoms with Crippen LogP contribution in [-0.2, 0) is 11.2 Å². The summed E-state index contributed by atoms with van der Waals surface area (Å²) in [5.41, 5.74) is 0.701. The van der Waals surface area contributed by atoms with Gasteiger partial charge in [-0.2, -0.15) is 0 Å². The maximum atomic E-state index is 11.8. The number of hydrogen-bond donors (Lipinski definition) is 0. The second-order valence-electron chi connectivity index (χ2n) is 5.13. The van der Waals surface area contributed by atoms with Gasteiger partial charge in [0.25, 0.3) is 0 Å². The third-order valence-electron chi connectivity index (χ3n) is 2.64. The van der Waals surface area contributed by atoms with Gasteiger partial charge >= 0.3 is 5.97 Å². The Labute approximate surface area is 109 Å². The Morgan fingerprint density at radius 1 is 1.33 bits per heavy atom. The van der Waals surface area contributed by atoms with E-state index in [9.17, 15) is 4.79 Å². The van der Waals surface area contributed by atoms with E-state index in [1.54, 1.807) is 6.92 Å². The van der Waals surface area contributed by atoms with Crippen molar-refractivity contribution in [3.05, 3.63) is 17.3 Å². The summed E-state index contributed by atoms with van der Waals surface area (Å²) in [6.45, 7) is 10.4. The van der Waals surface area contributed by atoms with Crippen molar-refractivity contribution < 1.29 is 13.9 Å². The van der Waals surface area contributed by atoms with Gasteiger partial charge < -0.3 is 9.15 Å². The van der Waals surface area contributed by atoms with Crippen molar-refractivity contribution in [2.45, 2.75) is 53.4 Å². The van der Waals surface area contributed by atoms with Gasteiger partial charge in [0.1, 0.15) is 0 Å². The van der Waals surface area contributed by atoms with E-state index >= 15 is 0 Å². The molecule has 0 fully saturated rings. The largest absolute Gasteiger partial charge is 0.460 e. The van der Waals surface area contributed by atoms with Crippen LogP contribution in [0.4, 0.5) is 0 Å². The quantitative estimate of drug-likeness (QED) is 0.727. The van der Waals surface area contributed by atoms with Crippen molar-refractivity contribution in [1.29, 1.82) is 0 Å². The highest BCUT2D eigenvalue weighted by Gasteiger charge is 2.23. The van der Waals surface area contributed by atoms with Crippen molar-refractivity contribution in [2.24, 2.45) is 5.92 Å². The minimum atomic E-state index is -0.413. The number of nitrogens with zero attached hydrogens (tertiary/aromatic N) is 1. The Morgan fingerprint density at radius 3 is 2.50 bits per heavy atom. The zero-order valence-corrected chi connectivity index (χ0v) is 11.9. The number of aryl methyl sites for hydroxylation is 1. The topological polar surface area (TPSA) is 52.3 Å². The summed E-state index contributed by atoms with van der Waals surface area (Å²) >= 11 is 0. The standard InChI is InChI=1S/C14H23NO3/c1-6-17-14(16)13-12(10(4)5)15-11(18-13)8-7-9(2)3/h9-10H,6-8H2,1-5H3. The number of rotatable bonds is 6. The number of oxazole rings is 1. The molecule has 0 N–H and O–H groups in total. The Morgan fingerprint density at radius 2 is 2.00 bits per heavy atom. The van der Waals surface area contributed by atoms with E-state index in [-0.39, 0.29) is 11.7 Å². The molecular weight excluding hydrogens is 230 g/mol. The predicted octanol–water partition coefficient (Wildman–Crippen LogP) is 3.56. The Balaban J connectivity index is 2.90. The summed E-state index contributed by atoms with van der Waals surface area (Å²) < 4.78 is 10.5. The number of aromatic nitrogens is 1. The number of ether oxygens (including phenoxy) is 1. The molecule has 0 saturated heterocycles. The van der Waals surface area contributed by atoms with E-state index in [4.69, 9.17) is 9.15 Å². The van der Waals surface area contributed by atoms with E-state index in [1.165, 1.54) is 0 Å². The molecule has 18 heavy (non-hydrogen) atoms. The van der Waals surface area contributed by atoms with Crippen LogP contribution >= 0.6 is 0 Å². The Bertz CT molecular complexity index is 394. The first kappa shape index (κ1) is 14.7. The lowest BCUT2D eigenvalue weighted by molar-refractivity contribution is 0.0485. The molecule has 0 bridgehead atoms. The molecule has 1 rings (SSSR count). The average Bonchev–Trinajstić information content (AvgIpc) is 2.71. The Kier molecular flexibility index (Phi) is 5.38. The SMILES string of the molecule is CCOC(=O)c1oc(CCC(C)C)nc1C(C)C. The summed E-state index contributed by atoms with van der Waals surface area (Å²) in [6.07, 6.45) is 1.76. The van der Waals surface area contributed by atoms with Crippen molar-refractivity contribution in [1.82, 2.24) is 4.98 Å². The van der Waals surface area contributed by atoms with E-state index in [0.29, 0.717) is 24.1 Å². The van der Waals surface area contributed by atoms with Crippen LogP contribution in [0.5, 0.6) is 0 Å². The van der Waals surface area contributed by atoms with Crippen LogP contribution in [0.1, 0.15) is 69.1 Å². The monoisotopic (exact) mass is 253 g/mol. The van der Waals surface area contributed by atoms with Gasteiger partial charge in [-0.25, -0.2) is 9.78 Å². The molecule has 0 aliphatic carbocycles. The summed E-state index contributed by atoms with van der Waals surface area (Å²) in [5, 5.41) is 0. The van der Waals surface area contributed by atoms with E-state index in [2.05, 4.69) is 18.8 Å². The van der Waals surface area contributed by atoms with Crippen LogP contribution in [0.2, 0.25) is 0 Å². The molecule has 1 aromatic rings. The zero-order valence-electron chi connectivity index (χ0n) is 11.9. The molecule has 0 atom stereocenters. The van der Waals surface area contributed by atoms with Gasteiger partial charge in [-0.3, -0.25) is 0 Å². The van der Waals surface area contributed by atoms with Crippen LogP contribution in [0.3, 0.4) is 0 Å². The number of carbonyl (C=O) groups excluding carboxylic acids is 1. The molecule has 4 heteroatoms. The van der Waals surface area contributed by atoms with Crippen LogP contribution in [0.25, 0.3) is 0 Å². The molecular formula is C14H23NO3. The zero-order chi connectivity index (χ0) is 13.7. The normalized spacial score (nSPS) is 11.3. The third-order valence-corrected chi connectivity index (χ3v) is 2.64. The number of carbonyl (C=O) groups is 1. The fourth-order valence-electron chi connectivity index (χ4n) is 1.63. The van der Waals surface area contributed by atoms with Crippen molar-refractivity contribution >= 4 is 5.97 Å². The highest BCUT2D eigenvalue weighted by atomic mass is 16.5. The minimum Gasteiger partial charge on any atom is -0.460 e. The maximum absolute atomic E-state index is 11.8.